The highest BCUT2D eigenvalue weighted by molar-refractivity contribution is 6.33. The maximum absolute atomic E-state index is 12.9. The Kier molecular flexibility index (Phi) is 5.58. The number of hydrogen-bond acceptors (Lipinski definition) is 2. The molecule has 1 N–H and O–H groups in total. The highest BCUT2D eigenvalue weighted by atomic mass is 35.5. The molecule has 0 radical (unpaired) electrons. The van der Waals surface area contributed by atoms with E-state index in [0.717, 1.165) is 60.9 Å². The molecule has 0 spiro atoms. The number of hydrogen-bond donors (Lipinski definition) is 1. The smallest absolute Gasteiger partial charge is 0.251 e. The van der Waals surface area contributed by atoms with E-state index in [9.17, 15) is 9.59 Å². The highest BCUT2D eigenvalue weighted by Crippen LogP contribution is 2.34. The van der Waals surface area contributed by atoms with Crippen LogP contribution >= 0.6 is 11.6 Å². The lowest BCUT2D eigenvalue weighted by molar-refractivity contribution is -0.123. The summed E-state index contributed by atoms with van der Waals surface area (Å²) in [4.78, 5) is 25.6. The molecule has 28 heavy (non-hydrogen) atoms. The molecule has 0 aliphatic heterocycles. The Morgan fingerprint density at radius 1 is 1.14 bits per heavy atom. The number of benzene rings is 1. The molecule has 0 saturated heterocycles. The predicted octanol–water partition coefficient (Wildman–Crippen LogP) is 4.35. The summed E-state index contributed by atoms with van der Waals surface area (Å²) < 4.78 is 1.67. The molecule has 1 amide bonds. The first-order valence-corrected chi connectivity index (χ1v) is 10.7. The van der Waals surface area contributed by atoms with Crippen LogP contribution in [-0.4, -0.2) is 16.5 Å². The van der Waals surface area contributed by atoms with Gasteiger partial charge in [-0.2, -0.15) is 0 Å². The lowest BCUT2D eigenvalue weighted by Gasteiger charge is -2.29. The molecule has 4 rings (SSSR count). The topological polar surface area (TPSA) is 51.1 Å². The maximum atomic E-state index is 12.9. The first-order chi connectivity index (χ1) is 13.5. The fourth-order valence-corrected chi connectivity index (χ4v) is 4.99. The number of amides is 1. The van der Waals surface area contributed by atoms with Gasteiger partial charge < -0.3 is 9.88 Å². The summed E-state index contributed by atoms with van der Waals surface area (Å²) in [6.45, 7) is 2.31. The van der Waals surface area contributed by atoms with Crippen molar-refractivity contribution in [1.29, 1.82) is 0 Å². The standard InChI is InChI=1S/C23H27ClN2O2/c1-15-7-2-5-11-20(15)25-22(27)14-26-21-12-6-9-17(21)18(13-23(26)28)16-8-3-4-10-19(16)24/h3-4,8,10,13,15,20H,2,5-7,9,11-12,14H2,1H3,(H,25,27)/t15-,20-/m0/s1. The van der Waals surface area contributed by atoms with E-state index in [4.69, 9.17) is 11.6 Å². The third kappa shape index (κ3) is 3.75. The molecule has 2 atom stereocenters. The molecule has 148 valence electrons. The quantitative estimate of drug-likeness (QED) is 0.832. The van der Waals surface area contributed by atoms with E-state index in [1.54, 1.807) is 10.6 Å². The fraction of sp³-hybridized carbons (Fsp3) is 0.478. The van der Waals surface area contributed by atoms with Gasteiger partial charge in [-0.15, -0.1) is 0 Å². The maximum Gasteiger partial charge on any atom is 0.251 e. The van der Waals surface area contributed by atoms with Crippen LogP contribution in [-0.2, 0) is 24.2 Å². The molecule has 2 aliphatic carbocycles. The summed E-state index contributed by atoms with van der Waals surface area (Å²) in [5.41, 5.74) is 3.84. The van der Waals surface area contributed by atoms with Gasteiger partial charge in [-0.25, -0.2) is 0 Å². The van der Waals surface area contributed by atoms with E-state index in [-0.39, 0.29) is 24.1 Å². The number of halogens is 1. The van der Waals surface area contributed by atoms with Crippen molar-refractivity contribution in [2.45, 2.75) is 64.5 Å². The van der Waals surface area contributed by atoms with E-state index in [1.165, 1.54) is 6.42 Å². The zero-order valence-corrected chi connectivity index (χ0v) is 17.1. The van der Waals surface area contributed by atoms with Crippen LogP contribution in [0, 0.1) is 5.92 Å². The van der Waals surface area contributed by atoms with E-state index < -0.39 is 0 Å². The van der Waals surface area contributed by atoms with Crippen LogP contribution in [0.2, 0.25) is 5.02 Å². The Labute approximate surface area is 170 Å². The Morgan fingerprint density at radius 2 is 1.93 bits per heavy atom. The van der Waals surface area contributed by atoms with Crippen molar-refractivity contribution in [1.82, 2.24) is 9.88 Å². The third-order valence-corrected chi connectivity index (χ3v) is 6.63. The number of nitrogens with one attached hydrogen (secondary N) is 1. The Balaban J connectivity index is 1.62. The summed E-state index contributed by atoms with van der Waals surface area (Å²) >= 11 is 6.39. The van der Waals surface area contributed by atoms with Crippen LogP contribution in [0.5, 0.6) is 0 Å². The lowest BCUT2D eigenvalue weighted by Crippen LogP contribution is -2.43. The second-order valence-electron chi connectivity index (χ2n) is 8.18. The van der Waals surface area contributed by atoms with E-state index >= 15 is 0 Å². The molecular weight excluding hydrogens is 372 g/mol. The molecular formula is C23H27ClN2O2. The molecule has 1 aromatic carbocycles. The van der Waals surface area contributed by atoms with Crippen molar-refractivity contribution in [2.75, 3.05) is 0 Å². The molecule has 4 nitrogen and oxygen atoms in total. The average Bonchev–Trinajstić information content (AvgIpc) is 3.16. The summed E-state index contributed by atoms with van der Waals surface area (Å²) in [7, 11) is 0. The molecule has 1 fully saturated rings. The van der Waals surface area contributed by atoms with Crippen molar-refractivity contribution < 1.29 is 4.79 Å². The summed E-state index contributed by atoms with van der Waals surface area (Å²) in [5.74, 6) is 0.447. The van der Waals surface area contributed by atoms with Gasteiger partial charge in [0.25, 0.3) is 5.56 Å². The van der Waals surface area contributed by atoms with Crippen molar-refractivity contribution in [3.63, 3.8) is 0 Å². The number of carbonyl (C=O) groups is 1. The zero-order valence-electron chi connectivity index (χ0n) is 16.3. The molecule has 0 unspecified atom stereocenters. The number of nitrogens with zero attached hydrogens (tertiary/aromatic N) is 1. The average molecular weight is 399 g/mol. The second-order valence-corrected chi connectivity index (χ2v) is 8.58. The van der Waals surface area contributed by atoms with Gasteiger partial charge in [0.15, 0.2) is 0 Å². The predicted molar refractivity (Wildman–Crippen MR) is 113 cm³/mol. The summed E-state index contributed by atoms with van der Waals surface area (Å²) in [5, 5.41) is 3.82. The largest absolute Gasteiger partial charge is 0.352 e. The van der Waals surface area contributed by atoms with Gasteiger partial charge in [-0.1, -0.05) is 49.6 Å². The minimum atomic E-state index is -0.123. The van der Waals surface area contributed by atoms with Crippen molar-refractivity contribution in [3.8, 4) is 11.1 Å². The van der Waals surface area contributed by atoms with Crippen LogP contribution < -0.4 is 10.9 Å². The van der Waals surface area contributed by atoms with Gasteiger partial charge in [-0.3, -0.25) is 9.59 Å². The molecule has 5 heteroatoms. The third-order valence-electron chi connectivity index (χ3n) is 6.30. The van der Waals surface area contributed by atoms with Crippen molar-refractivity contribution in [3.05, 3.63) is 57.0 Å². The van der Waals surface area contributed by atoms with Crippen LogP contribution in [0.4, 0.5) is 0 Å². The molecule has 2 aromatic rings. The van der Waals surface area contributed by atoms with Gasteiger partial charge in [0.2, 0.25) is 5.91 Å². The normalized spacial score (nSPS) is 21.4. The second kappa shape index (κ2) is 8.12. The van der Waals surface area contributed by atoms with Crippen LogP contribution in [0.15, 0.2) is 35.1 Å². The van der Waals surface area contributed by atoms with Gasteiger partial charge in [-0.05, 0) is 55.2 Å². The van der Waals surface area contributed by atoms with E-state index in [1.807, 2.05) is 24.3 Å². The Morgan fingerprint density at radius 3 is 2.71 bits per heavy atom. The van der Waals surface area contributed by atoms with Gasteiger partial charge >= 0.3 is 0 Å². The minimum Gasteiger partial charge on any atom is -0.352 e. The van der Waals surface area contributed by atoms with Crippen molar-refractivity contribution in [2.24, 2.45) is 5.92 Å². The SMILES string of the molecule is C[C@H]1CCCC[C@@H]1NC(=O)Cn1c2c(c(-c3ccccc3Cl)cc1=O)CCC2. The number of carbonyl (C=O) groups excluding carboxylic acids is 1. The van der Waals surface area contributed by atoms with E-state index in [2.05, 4.69) is 12.2 Å². The molecule has 1 saturated carbocycles. The van der Waals surface area contributed by atoms with Crippen LogP contribution in [0.25, 0.3) is 11.1 Å². The molecule has 2 aliphatic rings. The first-order valence-electron chi connectivity index (χ1n) is 10.3. The molecule has 1 heterocycles. The summed E-state index contributed by atoms with van der Waals surface area (Å²) in [6, 6.07) is 9.52. The number of aromatic nitrogens is 1. The molecule has 1 aromatic heterocycles. The Hall–Kier alpha value is -2.07. The van der Waals surface area contributed by atoms with Crippen molar-refractivity contribution >= 4 is 17.5 Å². The van der Waals surface area contributed by atoms with E-state index in [0.29, 0.717) is 10.9 Å². The number of fused-ring (bicyclic) bond motifs is 1. The first kappa shape index (κ1) is 19.3. The molecule has 0 bridgehead atoms. The number of rotatable bonds is 4. The zero-order chi connectivity index (χ0) is 19.7. The van der Waals surface area contributed by atoms with Crippen LogP contribution in [0.3, 0.4) is 0 Å². The van der Waals surface area contributed by atoms with Gasteiger partial charge in [0, 0.05) is 28.4 Å². The summed E-state index contributed by atoms with van der Waals surface area (Å²) in [6.07, 6.45) is 7.34. The lowest BCUT2D eigenvalue weighted by atomic mass is 9.86. The minimum absolute atomic E-state index is 0.0551. The van der Waals surface area contributed by atoms with Crippen LogP contribution in [0.1, 0.15) is 50.3 Å². The van der Waals surface area contributed by atoms with Gasteiger partial charge in [0.05, 0.1) is 0 Å². The fourth-order valence-electron chi connectivity index (χ4n) is 4.76. The monoisotopic (exact) mass is 398 g/mol. The van der Waals surface area contributed by atoms with Gasteiger partial charge in [0.1, 0.15) is 6.54 Å². The highest BCUT2D eigenvalue weighted by Gasteiger charge is 2.25. The number of pyridine rings is 1. The Bertz CT molecular complexity index is 950.